The normalized spacial score (nSPS) is 10.1. The Bertz CT molecular complexity index is 281. The van der Waals surface area contributed by atoms with Gasteiger partial charge in [-0.3, -0.25) is 0 Å². The van der Waals surface area contributed by atoms with Crippen molar-refractivity contribution in [3.05, 3.63) is 22.2 Å². The van der Waals surface area contributed by atoms with E-state index in [2.05, 4.69) is 15.9 Å². The van der Waals surface area contributed by atoms with Gasteiger partial charge in [0.1, 0.15) is 0 Å². The summed E-state index contributed by atoms with van der Waals surface area (Å²) in [5.41, 5.74) is 7.51. The SMILES string of the molecule is COc1c(N)cc(CCCl)cc1Br. The van der Waals surface area contributed by atoms with Gasteiger partial charge in [-0.15, -0.1) is 11.6 Å². The first-order chi connectivity index (χ1) is 6.19. The maximum atomic E-state index is 5.76. The Morgan fingerprint density at radius 1 is 1.54 bits per heavy atom. The molecule has 72 valence electrons. The van der Waals surface area contributed by atoms with E-state index in [-0.39, 0.29) is 0 Å². The molecular formula is C9H11BrClNO. The van der Waals surface area contributed by atoms with E-state index in [1.807, 2.05) is 12.1 Å². The van der Waals surface area contributed by atoms with E-state index in [0.717, 1.165) is 16.5 Å². The summed E-state index contributed by atoms with van der Waals surface area (Å²) in [5, 5.41) is 0. The van der Waals surface area contributed by atoms with E-state index < -0.39 is 0 Å². The smallest absolute Gasteiger partial charge is 0.155 e. The molecule has 1 rings (SSSR count). The van der Waals surface area contributed by atoms with Crippen LogP contribution in [-0.2, 0) is 6.42 Å². The third-order valence-corrected chi connectivity index (χ3v) is 2.50. The largest absolute Gasteiger partial charge is 0.493 e. The molecule has 0 heterocycles. The fourth-order valence-electron chi connectivity index (χ4n) is 1.14. The third kappa shape index (κ3) is 2.51. The van der Waals surface area contributed by atoms with Crippen LogP contribution in [0.3, 0.4) is 0 Å². The Kier molecular flexibility index (Phi) is 3.88. The molecule has 2 N–H and O–H groups in total. The van der Waals surface area contributed by atoms with Crippen LogP contribution >= 0.6 is 27.5 Å². The fraction of sp³-hybridized carbons (Fsp3) is 0.333. The van der Waals surface area contributed by atoms with E-state index in [1.165, 1.54) is 0 Å². The van der Waals surface area contributed by atoms with Gasteiger partial charge in [0.2, 0.25) is 0 Å². The molecule has 0 unspecified atom stereocenters. The molecule has 13 heavy (non-hydrogen) atoms. The number of nitrogens with two attached hydrogens (primary N) is 1. The number of ether oxygens (including phenoxy) is 1. The first-order valence-electron chi connectivity index (χ1n) is 3.87. The minimum atomic E-state index is 0.595. The van der Waals surface area contributed by atoms with Crippen LogP contribution in [-0.4, -0.2) is 13.0 Å². The minimum Gasteiger partial charge on any atom is -0.493 e. The van der Waals surface area contributed by atoms with Gasteiger partial charge in [-0.2, -0.15) is 0 Å². The highest BCUT2D eigenvalue weighted by Crippen LogP contribution is 2.32. The lowest BCUT2D eigenvalue weighted by Gasteiger charge is -2.08. The second kappa shape index (κ2) is 4.72. The van der Waals surface area contributed by atoms with Crippen molar-refractivity contribution in [3.8, 4) is 5.75 Å². The van der Waals surface area contributed by atoms with E-state index >= 15 is 0 Å². The number of aryl methyl sites for hydroxylation is 1. The predicted octanol–water partition coefficient (Wildman–Crippen LogP) is 2.82. The number of methoxy groups -OCH3 is 1. The second-order valence-electron chi connectivity index (χ2n) is 2.64. The molecule has 0 spiro atoms. The molecule has 0 aliphatic rings. The molecule has 1 aromatic carbocycles. The highest BCUT2D eigenvalue weighted by atomic mass is 79.9. The zero-order valence-corrected chi connectivity index (χ0v) is 9.65. The lowest BCUT2D eigenvalue weighted by Crippen LogP contribution is -1.96. The van der Waals surface area contributed by atoms with Crippen molar-refractivity contribution in [1.29, 1.82) is 0 Å². The number of anilines is 1. The Balaban J connectivity index is 3.05. The van der Waals surface area contributed by atoms with Gasteiger partial charge < -0.3 is 10.5 Å². The molecule has 2 nitrogen and oxygen atoms in total. The van der Waals surface area contributed by atoms with Crippen molar-refractivity contribution < 1.29 is 4.74 Å². The third-order valence-electron chi connectivity index (χ3n) is 1.72. The summed E-state index contributed by atoms with van der Waals surface area (Å²) in [7, 11) is 1.59. The van der Waals surface area contributed by atoms with Crippen LogP contribution in [0.4, 0.5) is 5.69 Å². The monoisotopic (exact) mass is 263 g/mol. The lowest BCUT2D eigenvalue weighted by atomic mass is 10.1. The summed E-state index contributed by atoms with van der Waals surface area (Å²) in [6, 6.07) is 3.85. The van der Waals surface area contributed by atoms with E-state index in [4.69, 9.17) is 22.1 Å². The molecule has 0 atom stereocenters. The number of alkyl halides is 1. The van der Waals surface area contributed by atoms with Crippen LogP contribution in [0.5, 0.6) is 5.75 Å². The minimum absolute atomic E-state index is 0.595. The average Bonchev–Trinajstić information content (AvgIpc) is 2.04. The van der Waals surface area contributed by atoms with Crippen LogP contribution in [0.2, 0.25) is 0 Å². The Morgan fingerprint density at radius 2 is 2.23 bits per heavy atom. The van der Waals surface area contributed by atoms with E-state index in [9.17, 15) is 0 Å². The first kappa shape index (κ1) is 10.7. The number of nitrogen functional groups attached to an aromatic ring is 1. The summed E-state index contributed by atoms with van der Waals surface area (Å²) < 4.78 is 5.97. The van der Waals surface area contributed by atoms with Gasteiger partial charge >= 0.3 is 0 Å². The van der Waals surface area contributed by atoms with Gasteiger partial charge in [0.15, 0.2) is 5.75 Å². The average molecular weight is 265 g/mol. The number of hydrogen-bond donors (Lipinski definition) is 1. The summed E-state index contributed by atoms with van der Waals surface area (Å²) in [6.45, 7) is 0. The molecule has 0 aromatic heterocycles. The molecule has 0 bridgehead atoms. The van der Waals surface area contributed by atoms with Gasteiger partial charge in [-0.25, -0.2) is 0 Å². The van der Waals surface area contributed by atoms with Crippen LogP contribution in [0, 0.1) is 0 Å². The van der Waals surface area contributed by atoms with Crippen LogP contribution in [0.25, 0.3) is 0 Å². The fourth-order valence-corrected chi connectivity index (χ4v) is 2.04. The topological polar surface area (TPSA) is 35.2 Å². The Labute approximate surface area is 91.2 Å². The number of benzene rings is 1. The molecule has 0 saturated heterocycles. The zero-order chi connectivity index (χ0) is 9.84. The molecule has 0 aliphatic heterocycles. The summed E-state index contributed by atoms with van der Waals surface area (Å²) >= 11 is 9.01. The van der Waals surface area contributed by atoms with Crippen LogP contribution in [0.1, 0.15) is 5.56 Å². The van der Waals surface area contributed by atoms with Crippen LogP contribution < -0.4 is 10.5 Å². The van der Waals surface area contributed by atoms with E-state index in [1.54, 1.807) is 7.11 Å². The van der Waals surface area contributed by atoms with Crippen molar-refractivity contribution in [2.75, 3.05) is 18.7 Å². The molecule has 0 radical (unpaired) electrons. The first-order valence-corrected chi connectivity index (χ1v) is 5.19. The highest BCUT2D eigenvalue weighted by molar-refractivity contribution is 9.10. The zero-order valence-electron chi connectivity index (χ0n) is 7.31. The maximum absolute atomic E-state index is 5.76. The van der Waals surface area contributed by atoms with Gasteiger partial charge in [0.25, 0.3) is 0 Å². The summed E-state index contributed by atoms with van der Waals surface area (Å²) in [5.74, 6) is 1.27. The van der Waals surface area contributed by atoms with Gasteiger partial charge in [-0.05, 0) is 40.0 Å². The molecule has 0 aliphatic carbocycles. The number of halogens is 2. The standard InChI is InChI=1S/C9H11BrClNO/c1-13-9-7(10)4-6(2-3-11)5-8(9)12/h4-5H,2-3,12H2,1H3. The Morgan fingerprint density at radius 3 is 2.69 bits per heavy atom. The van der Waals surface area contributed by atoms with Gasteiger partial charge in [0, 0.05) is 5.88 Å². The molecule has 1 aromatic rings. The second-order valence-corrected chi connectivity index (χ2v) is 3.87. The van der Waals surface area contributed by atoms with Gasteiger partial charge in [-0.1, -0.05) is 0 Å². The van der Waals surface area contributed by atoms with Crippen molar-refractivity contribution in [2.45, 2.75) is 6.42 Å². The summed E-state index contributed by atoms with van der Waals surface area (Å²) in [4.78, 5) is 0. The Hall–Kier alpha value is -0.410. The van der Waals surface area contributed by atoms with Crippen molar-refractivity contribution >= 4 is 33.2 Å². The highest BCUT2D eigenvalue weighted by Gasteiger charge is 2.06. The number of rotatable bonds is 3. The molecule has 4 heteroatoms. The molecule has 0 amide bonds. The molecule has 0 fully saturated rings. The summed E-state index contributed by atoms with van der Waals surface area (Å²) in [6.07, 6.45) is 0.814. The van der Waals surface area contributed by atoms with E-state index in [0.29, 0.717) is 17.3 Å². The molecule has 0 saturated carbocycles. The van der Waals surface area contributed by atoms with Crippen molar-refractivity contribution in [3.63, 3.8) is 0 Å². The van der Waals surface area contributed by atoms with Crippen molar-refractivity contribution in [1.82, 2.24) is 0 Å². The van der Waals surface area contributed by atoms with Crippen molar-refractivity contribution in [2.24, 2.45) is 0 Å². The van der Waals surface area contributed by atoms with Gasteiger partial charge in [0.05, 0.1) is 17.3 Å². The lowest BCUT2D eigenvalue weighted by molar-refractivity contribution is 0.414. The number of hydrogen-bond acceptors (Lipinski definition) is 2. The quantitative estimate of drug-likeness (QED) is 0.673. The maximum Gasteiger partial charge on any atom is 0.155 e. The van der Waals surface area contributed by atoms with Crippen LogP contribution in [0.15, 0.2) is 16.6 Å². The molecular weight excluding hydrogens is 253 g/mol. The predicted molar refractivity (Wildman–Crippen MR) is 59.5 cm³/mol.